The highest BCUT2D eigenvalue weighted by atomic mass is 16.3. The Kier molecular flexibility index (Phi) is 1.97. The zero-order chi connectivity index (χ0) is 10.1. The molecule has 0 aliphatic carbocycles. The van der Waals surface area contributed by atoms with E-state index in [0.29, 0.717) is 5.76 Å². The Labute approximate surface area is 81.8 Å². The van der Waals surface area contributed by atoms with Crippen molar-refractivity contribution in [1.29, 1.82) is 0 Å². The van der Waals surface area contributed by atoms with Crippen LogP contribution >= 0.6 is 0 Å². The number of hydrogen-bond donors (Lipinski definition) is 0. The fourth-order valence-electron chi connectivity index (χ4n) is 1.43. The minimum Gasteiger partial charge on any atom is -0.452 e. The molecule has 2 rings (SSSR count). The maximum atomic E-state index is 11.3. The van der Waals surface area contributed by atoms with E-state index in [1.165, 1.54) is 6.08 Å². The van der Waals surface area contributed by atoms with E-state index in [1.54, 1.807) is 6.07 Å². The highest BCUT2D eigenvalue weighted by molar-refractivity contribution is 6.04. The quantitative estimate of drug-likeness (QED) is 0.532. The number of rotatable bonds is 2. The number of ketones is 1. The van der Waals surface area contributed by atoms with Gasteiger partial charge in [0.1, 0.15) is 5.58 Å². The first-order chi connectivity index (χ1) is 6.72. The monoisotopic (exact) mass is 186 g/mol. The Balaban J connectivity index is 2.68. The van der Waals surface area contributed by atoms with Gasteiger partial charge in [0.25, 0.3) is 0 Å². The van der Waals surface area contributed by atoms with Gasteiger partial charge in [-0.25, -0.2) is 0 Å². The molecule has 0 atom stereocenters. The Morgan fingerprint density at radius 1 is 1.50 bits per heavy atom. The van der Waals surface area contributed by atoms with Crippen LogP contribution in [0.1, 0.15) is 16.1 Å². The predicted octanol–water partition coefficient (Wildman–Crippen LogP) is 3.11. The number of para-hydroxylation sites is 1. The number of hydrogen-bond acceptors (Lipinski definition) is 2. The molecule has 0 saturated heterocycles. The molecule has 14 heavy (non-hydrogen) atoms. The van der Waals surface area contributed by atoms with Gasteiger partial charge in [-0.2, -0.15) is 0 Å². The molecule has 1 aromatic heterocycles. The zero-order valence-corrected chi connectivity index (χ0v) is 7.91. The summed E-state index contributed by atoms with van der Waals surface area (Å²) in [5, 5.41) is 0.954. The molecule has 0 spiro atoms. The van der Waals surface area contributed by atoms with Gasteiger partial charge in [-0.15, -0.1) is 0 Å². The number of allylic oxidation sites excluding steroid dienone is 1. The van der Waals surface area contributed by atoms with Crippen LogP contribution in [0.3, 0.4) is 0 Å². The van der Waals surface area contributed by atoms with Crippen LogP contribution < -0.4 is 0 Å². The van der Waals surface area contributed by atoms with Crippen LogP contribution in [0.15, 0.2) is 41.3 Å². The zero-order valence-electron chi connectivity index (χ0n) is 7.91. The summed E-state index contributed by atoms with van der Waals surface area (Å²) in [6.07, 6.45) is 1.26. The van der Waals surface area contributed by atoms with Gasteiger partial charge < -0.3 is 4.42 Å². The average molecular weight is 186 g/mol. The molecule has 0 fully saturated rings. The Morgan fingerprint density at radius 2 is 2.29 bits per heavy atom. The third-order valence-electron chi connectivity index (χ3n) is 2.17. The molecule has 0 unspecified atom stereocenters. The molecule has 2 aromatic rings. The van der Waals surface area contributed by atoms with Gasteiger partial charge in [-0.05, 0) is 24.6 Å². The molecule has 0 amide bonds. The third-order valence-corrected chi connectivity index (χ3v) is 2.17. The predicted molar refractivity (Wildman–Crippen MR) is 55.5 cm³/mol. The molecule has 70 valence electrons. The van der Waals surface area contributed by atoms with Gasteiger partial charge in [0, 0.05) is 5.39 Å². The van der Waals surface area contributed by atoms with Gasteiger partial charge in [-0.1, -0.05) is 24.8 Å². The SMILES string of the molecule is C=CC(=O)c1cc2cccc(C)c2o1. The van der Waals surface area contributed by atoms with Crippen molar-refractivity contribution in [3.63, 3.8) is 0 Å². The van der Waals surface area contributed by atoms with Crippen molar-refractivity contribution in [2.75, 3.05) is 0 Å². The van der Waals surface area contributed by atoms with Crippen molar-refractivity contribution < 1.29 is 9.21 Å². The lowest BCUT2D eigenvalue weighted by molar-refractivity contribution is 0.102. The van der Waals surface area contributed by atoms with Gasteiger partial charge in [0.2, 0.25) is 5.78 Å². The second-order valence-corrected chi connectivity index (χ2v) is 3.17. The largest absolute Gasteiger partial charge is 0.452 e. The summed E-state index contributed by atoms with van der Waals surface area (Å²) >= 11 is 0. The summed E-state index contributed by atoms with van der Waals surface area (Å²) < 4.78 is 5.43. The van der Waals surface area contributed by atoms with E-state index in [0.717, 1.165) is 16.5 Å². The fourth-order valence-corrected chi connectivity index (χ4v) is 1.43. The van der Waals surface area contributed by atoms with Gasteiger partial charge in [-0.3, -0.25) is 4.79 Å². The number of furan rings is 1. The highest BCUT2D eigenvalue weighted by Crippen LogP contribution is 2.22. The maximum absolute atomic E-state index is 11.3. The number of carbonyl (C=O) groups excluding carboxylic acids is 1. The van der Waals surface area contributed by atoms with Crippen LogP contribution in [0.25, 0.3) is 11.0 Å². The van der Waals surface area contributed by atoms with Crippen molar-refractivity contribution in [2.45, 2.75) is 6.92 Å². The molecule has 2 heteroatoms. The van der Waals surface area contributed by atoms with Crippen molar-refractivity contribution >= 4 is 16.8 Å². The summed E-state index contributed by atoms with van der Waals surface area (Å²) in [6.45, 7) is 5.37. The first-order valence-corrected chi connectivity index (χ1v) is 4.38. The first-order valence-electron chi connectivity index (χ1n) is 4.38. The van der Waals surface area contributed by atoms with Crippen LogP contribution in [-0.2, 0) is 0 Å². The van der Waals surface area contributed by atoms with Crippen molar-refractivity contribution in [1.82, 2.24) is 0 Å². The molecule has 0 aliphatic heterocycles. The Morgan fingerprint density at radius 3 is 2.93 bits per heavy atom. The van der Waals surface area contributed by atoms with E-state index >= 15 is 0 Å². The number of carbonyl (C=O) groups is 1. The molecule has 0 bridgehead atoms. The normalized spacial score (nSPS) is 10.4. The topological polar surface area (TPSA) is 30.2 Å². The fraction of sp³-hybridized carbons (Fsp3) is 0.0833. The van der Waals surface area contributed by atoms with Gasteiger partial charge in [0.15, 0.2) is 5.76 Å². The van der Waals surface area contributed by atoms with Crippen LogP contribution in [-0.4, -0.2) is 5.78 Å². The second kappa shape index (κ2) is 3.14. The highest BCUT2D eigenvalue weighted by Gasteiger charge is 2.09. The number of benzene rings is 1. The standard InChI is InChI=1S/C12H10O2/c1-3-10(13)11-7-9-6-4-5-8(2)12(9)14-11/h3-7H,1H2,2H3. The van der Waals surface area contributed by atoms with Crippen LogP contribution in [0.4, 0.5) is 0 Å². The summed E-state index contributed by atoms with van der Waals surface area (Å²) in [4.78, 5) is 11.3. The molecule has 0 N–H and O–H groups in total. The Hall–Kier alpha value is -1.83. The molecule has 0 saturated carbocycles. The number of aryl methyl sites for hydroxylation is 1. The maximum Gasteiger partial charge on any atom is 0.220 e. The molecular weight excluding hydrogens is 176 g/mol. The van der Waals surface area contributed by atoms with Crippen LogP contribution in [0, 0.1) is 6.92 Å². The summed E-state index contributed by atoms with van der Waals surface area (Å²) in [5.74, 6) is 0.171. The Bertz CT molecular complexity index is 506. The lowest BCUT2D eigenvalue weighted by atomic mass is 10.2. The first kappa shape index (κ1) is 8.75. The van der Waals surface area contributed by atoms with Gasteiger partial charge in [0.05, 0.1) is 0 Å². The van der Waals surface area contributed by atoms with Gasteiger partial charge >= 0.3 is 0 Å². The van der Waals surface area contributed by atoms with E-state index in [4.69, 9.17) is 4.42 Å². The molecule has 0 aliphatic rings. The molecular formula is C12H10O2. The molecule has 1 heterocycles. The lowest BCUT2D eigenvalue weighted by Crippen LogP contribution is -1.88. The van der Waals surface area contributed by atoms with E-state index in [2.05, 4.69) is 6.58 Å². The van der Waals surface area contributed by atoms with Crippen molar-refractivity contribution in [3.8, 4) is 0 Å². The van der Waals surface area contributed by atoms with E-state index in [9.17, 15) is 4.79 Å². The van der Waals surface area contributed by atoms with Crippen molar-refractivity contribution in [2.24, 2.45) is 0 Å². The summed E-state index contributed by atoms with van der Waals surface area (Å²) in [7, 11) is 0. The minimum atomic E-state index is -0.180. The smallest absolute Gasteiger partial charge is 0.220 e. The lowest BCUT2D eigenvalue weighted by Gasteiger charge is -1.91. The summed E-state index contributed by atoms with van der Waals surface area (Å²) in [6, 6.07) is 7.56. The summed E-state index contributed by atoms with van der Waals surface area (Å²) in [5.41, 5.74) is 1.81. The van der Waals surface area contributed by atoms with E-state index in [-0.39, 0.29) is 5.78 Å². The van der Waals surface area contributed by atoms with E-state index in [1.807, 2.05) is 25.1 Å². The molecule has 0 radical (unpaired) electrons. The molecule has 1 aromatic carbocycles. The van der Waals surface area contributed by atoms with E-state index < -0.39 is 0 Å². The third kappa shape index (κ3) is 1.25. The van der Waals surface area contributed by atoms with Crippen molar-refractivity contribution in [3.05, 3.63) is 48.2 Å². The van der Waals surface area contributed by atoms with Crippen LogP contribution in [0.2, 0.25) is 0 Å². The number of fused-ring (bicyclic) bond motifs is 1. The second-order valence-electron chi connectivity index (χ2n) is 3.17. The average Bonchev–Trinajstić information content (AvgIpc) is 2.62. The van der Waals surface area contributed by atoms with Crippen LogP contribution in [0.5, 0.6) is 0 Å². The minimum absolute atomic E-state index is 0.180. The molecule has 2 nitrogen and oxygen atoms in total.